The fourth-order valence-electron chi connectivity index (χ4n) is 2.43. The van der Waals surface area contributed by atoms with Gasteiger partial charge in [0.25, 0.3) is 0 Å². The molecule has 1 aliphatic heterocycles. The summed E-state index contributed by atoms with van der Waals surface area (Å²) in [6, 6.07) is 0. The van der Waals surface area contributed by atoms with Crippen LogP contribution in [0.2, 0.25) is 0 Å². The van der Waals surface area contributed by atoms with Crippen molar-refractivity contribution in [1.29, 1.82) is 0 Å². The van der Waals surface area contributed by atoms with E-state index in [1.807, 2.05) is 6.08 Å². The summed E-state index contributed by atoms with van der Waals surface area (Å²) in [7, 11) is -0.0136. The highest BCUT2D eigenvalue weighted by Crippen LogP contribution is 2.58. The Kier molecular flexibility index (Phi) is 3.59. The van der Waals surface area contributed by atoms with Gasteiger partial charge in [-0.05, 0) is 57.3 Å². The molecule has 2 rings (SSSR count). The summed E-state index contributed by atoms with van der Waals surface area (Å²) in [5.74, 6) is 0. The first-order valence-electron chi connectivity index (χ1n) is 5.78. The maximum atomic E-state index is 3.80. The monoisotopic (exact) mass is 218 g/mol. The quantitative estimate of drug-likeness (QED) is 0.454. The second kappa shape index (κ2) is 4.94. The molecule has 0 saturated carbocycles. The summed E-state index contributed by atoms with van der Waals surface area (Å²) in [5, 5.41) is 3.22. The van der Waals surface area contributed by atoms with Gasteiger partial charge in [0.2, 0.25) is 0 Å². The zero-order chi connectivity index (χ0) is 10.7. The summed E-state index contributed by atoms with van der Waals surface area (Å²) in [6.45, 7) is 6.07. The van der Waals surface area contributed by atoms with E-state index in [0.717, 1.165) is 0 Å². The maximum absolute atomic E-state index is 3.80. The van der Waals surface area contributed by atoms with Crippen molar-refractivity contribution in [3.8, 4) is 0 Å². The van der Waals surface area contributed by atoms with Crippen molar-refractivity contribution in [3.05, 3.63) is 47.1 Å². The fourth-order valence-corrected chi connectivity index (χ4v) is 5.05. The molecule has 0 aromatic rings. The van der Waals surface area contributed by atoms with E-state index in [-0.39, 0.29) is 7.92 Å². The summed E-state index contributed by atoms with van der Waals surface area (Å²) in [4.78, 5) is 0. The molecule has 80 valence electrons. The molecule has 0 saturated heterocycles. The lowest BCUT2D eigenvalue weighted by Gasteiger charge is -2.30. The first kappa shape index (κ1) is 10.9. The maximum Gasteiger partial charge on any atom is -0.0210 e. The molecule has 1 heteroatoms. The Labute approximate surface area is 94.2 Å². The van der Waals surface area contributed by atoms with Crippen LogP contribution in [0.25, 0.3) is 0 Å². The normalized spacial score (nSPS) is 26.5. The van der Waals surface area contributed by atoms with E-state index in [2.05, 4.69) is 31.7 Å². The zero-order valence-corrected chi connectivity index (χ0v) is 10.4. The smallest absolute Gasteiger partial charge is 0.0210 e. The predicted molar refractivity (Wildman–Crippen MR) is 70.4 cm³/mol. The van der Waals surface area contributed by atoms with Gasteiger partial charge in [-0.1, -0.05) is 36.5 Å². The van der Waals surface area contributed by atoms with E-state index in [1.54, 1.807) is 16.2 Å². The van der Waals surface area contributed by atoms with Gasteiger partial charge in [-0.3, -0.25) is 0 Å². The Morgan fingerprint density at radius 2 is 2.33 bits per heavy atom. The van der Waals surface area contributed by atoms with Gasteiger partial charge in [-0.2, -0.15) is 0 Å². The highest BCUT2D eigenvalue weighted by Gasteiger charge is 2.22. The van der Waals surface area contributed by atoms with Gasteiger partial charge in [-0.15, -0.1) is 0 Å². The predicted octanol–water partition coefficient (Wildman–Crippen LogP) is 4.96. The van der Waals surface area contributed by atoms with Gasteiger partial charge in [0.1, 0.15) is 0 Å². The summed E-state index contributed by atoms with van der Waals surface area (Å²) >= 11 is 0. The van der Waals surface area contributed by atoms with Crippen molar-refractivity contribution in [3.63, 3.8) is 0 Å². The van der Waals surface area contributed by atoms with Gasteiger partial charge in [0.05, 0.1) is 0 Å². The Morgan fingerprint density at radius 1 is 1.47 bits per heavy atom. The largest absolute Gasteiger partial charge is 0.0991 e. The Morgan fingerprint density at radius 3 is 3.13 bits per heavy atom. The minimum absolute atomic E-state index is 0.0136. The molecule has 0 radical (unpaired) electrons. The summed E-state index contributed by atoms with van der Waals surface area (Å²) in [6.07, 6.45) is 15.6. The van der Waals surface area contributed by atoms with Crippen LogP contribution >= 0.6 is 7.92 Å². The minimum Gasteiger partial charge on any atom is -0.0991 e. The summed E-state index contributed by atoms with van der Waals surface area (Å²) < 4.78 is 0. The zero-order valence-electron chi connectivity index (χ0n) is 9.50. The molecule has 15 heavy (non-hydrogen) atoms. The second-order valence-corrected chi connectivity index (χ2v) is 6.72. The van der Waals surface area contributed by atoms with Gasteiger partial charge >= 0.3 is 0 Å². The van der Waals surface area contributed by atoms with Crippen molar-refractivity contribution in [1.82, 2.24) is 0 Å². The van der Waals surface area contributed by atoms with Crippen LogP contribution in [0.1, 0.15) is 32.6 Å². The Bertz CT molecular complexity index is 344. The van der Waals surface area contributed by atoms with Gasteiger partial charge < -0.3 is 0 Å². The van der Waals surface area contributed by atoms with Gasteiger partial charge in [-0.25, -0.2) is 0 Å². The van der Waals surface area contributed by atoms with Crippen molar-refractivity contribution in [2.45, 2.75) is 32.6 Å². The number of hydrogen-bond donors (Lipinski definition) is 0. The third kappa shape index (κ3) is 2.32. The Hall–Kier alpha value is -0.610. The van der Waals surface area contributed by atoms with Crippen molar-refractivity contribution in [2.75, 3.05) is 6.16 Å². The van der Waals surface area contributed by atoms with E-state index in [0.29, 0.717) is 0 Å². The van der Waals surface area contributed by atoms with E-state index in [4.69, 9.17) is 0 Å². The number of allylic oxidation sites excluding steroid dienone is 7. The van der Waals surface area contributed by atoms with Crippen LogP contribution in [0.15, 0.2) is 47.1 Å². The molecule has 0 spiro atoms. The lowest BCUT2D eigenvalue weighted by Crippen LogP contribution is -2.04. The molecule has 1 atom stereocenters. The first-order chi connectivity index (χ1) is 7.33. The van der Waals surface area contributed by atoms with Crippen LogP contribution in [0.4, 0.5) is 0 Å². The SMILES string of the molecule is C=C/C=C(\C)P1CCCC2=C1C=CCC2. The van der Waals surface area contributed by atoms with Crippen LogP contribution in [0, 0.1) is 0 Å². The average molecular weight is 218 g/mol. The average Bonchev–Trinajstić information content (AvgIpc) is 2.28. The van der Waals surface area contributed by atoms with Crippen LogP contribution in [0.3, 0.4) is 0 Å². The highest BCUT2D eigenvalue weighted by molar-refractivity contribution is 7.66. The first-order valence-corrected chi connectivity index (χ1v) is 7.31. The number of hydrogen-bond acceptors (Lipinski definition) is 0. The third-order valence-electron chi connectivity index (χ3n) is 3.19. The lowest BCUT2D eigenvalue weighted by atomic mass is 10.0. The van der Waals surface area contributed by atoms with E-state index >= 15 is 0 Å². The topological polar surface area (TPSA) is 0 Å². The molecule has 2 aliphatic rings. The molecule has 0 N–H and O–H groups in total. The van der Waals surface area contributed by atoms with Crippen molar-refractivity contribution in [2.24, 2.45) is 0 Å². The van der Waals surface area contributed by atoms with Crippen molar-refractivity contribution < 1.29 is 0 Å². The second-order valence-electron chi connectivity index (χ2n) is 4.23. The molecular weight excluding hydrogens is 199 g/mol. The fraction of sp³-hybridized carbons (Fsp3) is 0.429. The highest BCUT2D eigenvalue weighted by atomic mass is 31.1. The molecule has 1 aliphatic carbocycles. The van der Waals surface area contributed by atoms with Crippen LogP contribution in [-0.4, -0.2) is 6.16 Å². The van der Waals surface area contributed by atoms with E-state index < -0.39 is 0 Å². The number of rotatable bonds is 2. The molecule has 0 bridgehead atoms. The molecule has 1 heterocycles. The molecule has 0 aromatic heterocycles. The molecule has 0 nitrogen and oxygen atoms in total. The van der Waals surface area contributed by atoms with E-state index in [1.165, 1.54) is 31.8 Å². The summed E-state index contributed by atoms with van der Waals surface area (Å²) in [5.41, 5.74) is 1.74. The molecular formula is C14H19P. The van der Waals surface area contributed by atoms with Gasteiger partial charge in [0, 0.05) is 0 Å². The molecule has 0 amide bonds. The van der Waals surface area contributed by atoms with E-state index in [9.17, 15) is 0 Å². The molecule has 0 aromatic carbocycles. The Balaban J connectivity index is 2.29. The standard InChI is InChI=1S/C14H19P/c1-3-7-12(2)15-11-6-9-13-8-4-5-10-14(13)15/h3,5,7,10H,1,4,6,8-9,11H2,2H3/b12-7+. The van der Waals surface area contributed by atoms with Crippen LogP contribution in [-0.2, 0) is 0 Å². The van der Waals surface area contributed by atoms with Crippen LogP contribution in [0.5, 0.6) is 0 Å². The van der Waals surface area contributed by atoms with Crippen molar-refractivity contribution >= 4 is 7.92 Å². The molecule has 1 unspecified atom stereocenters. The third-order valence-corrected chi connectivity index (χ3v) is 6.00. The van der Waals surface area contributed by atoms with Crippen LogP contribution < -0.4 is 0 Å². The van der Waals surface area contributed by atoms with Gasteiger partial charge in [0.15, 0.2) is 0 Å². The molecule has 0 fully saturated rings. The lowest BCUT2D eigenvalue weighted by molar-refractivity contribution is 0.808. The minimum atomic E-state index is -0.0136.